The zero-order valence-corrected chi connectivity index (χ0v) is 34.5. The summed E-state index contributed by atoms with van der Waals surface area (Å²) in [6, 6.07) is 24.1. The quantitative estimate of drug-likeness (QED) is 0.0507. The molecule has 3 aliphatic carbocycles. The van der Waals surface area contributed by atoms with Gasteiger partial charge in [0.25, 0.3) is 5.91 Å². The zero-order chi connectivity index (χ0) is 40.2. The summed E-state index contributed by atoms with van der Waals surface area (Å²) in [5, 5.41) is 2.81. The number of alkyl carbamates (subject to hydrolysis) is 1. The second kappa shape index (κ2) is 17.8. The molecule has 3 unspecified atom stereocenters. The molecule has 4 aliphatic rings. The number of nitrogens with zero attached hydrogens (tertiary/aromatic N) is 1. The molecule has 2 bridgehead atoms. The van der Waals surface area contributed by atoms with Crippen molar-refractivity contribution < 1.29 is 37.7 Å². The van der Waals surface area contributed by atoms with Crippen LogP contribution in [0.15, 0.2) is 82.1 Å². The number of methoxy groups -OCH3 is 2. The van der Waals surface area contributed by atoms with Gasteiger partial charge in [-0.2, -0.15) is 0 Å². The molecule has 12 heteroatoms. The van der Waals surface area contributed by atoms with Crippen LogP contribution >= 0.6 is 24.0 Å². The van der Waals surface area contributed by atoms with Crippen molar-refractivity contribution in [3.8, 4) is 33.9 Å². The lowest BCUT2D eigenvalue weighted by molar-refractivity contribution is -0.143. The van der Waals surface area contributed by atoms with E-state index in [2.05, 4.69) is 29.6 Å². The number of rotatable bonds is 16. The molecule has 1 aromatic heterocycles. The predicted octanol–water partition coefficient (Wildman–Crippen LogP) is 9.54. The standard InChI is InChI=1S/C46H48N2O8S2/c1-52-32-22-31(23-33(25-32)53-2)40-24-30(41(56-40)26-42-44(50)48(46(57)58-42)39-21-28-16-17-29(39)20-28)10-9-19-54-43(49)15-7-8-18-47-45(51)55-27-38-36-13-5-3-11-34(36)35-12-4-6-14-37(35)38/h3-6,11-14,22-26,28-29,38-39H,7-10,15-21,27H2,1-2H3,(H,47,51)/b42-26-. The van der Waals surface area contributed by atoms with Gasteiger partial charge in [0.2, 0.25) is 0 Å². The summed E-state index contributed by atoms with van der Waals surface area (Å²) in [7, 11) is 3.20. The average Bonchev–Trinajstić information content (AvgIpc) is 4.08. The van der Waals surface area contributed by atoms with Gasteiger partial charge < -0.3 is 28.7 Å². The third kappa shape index (κ3) is 8.54. The van der Waals surface area contributed by atoms with Crippen LogP contribution in [0.25, 0.3) is 28.5 Å². The summed E-state index contributed by atoms with van der Waals surface area (Å²) in [6.07, 6.45) is 8.50. The molecule has 3 atom stereocenters. The Labute approximate surface area is 348 Å². The molecule has 10 nitrogen and oxygen atoms in total. The molecule has 8 rings (SSSR count). The first-order valence-electron chi connectivity index (χ1n) is 20.2. The summed E-state index contributed by atoms with van der Waals surface area (Å²) < 4.78 is 29.2. The Morgan fingerprint density at radius 2 is 1.64 bits per heavy atom. The van der Waals surface area contributed by atoms with E-state index in [9.17, 15) is 14.4 Å². The molecule has 302 valence electrons. The molecular weight excluding hydrogens is 773 g/mol. The fraction of sp³-hybridized carbons (Fsp3) is 0.391. The van der Waals surface area contributed by atoms with Gasteiger partial charge in [0.15, 0.2) is 0 Å². The number of amides is 2. The fourth-order valence-corrected chi connectivity index (χ4v) is 10.4. The molecule has 1 saturated heterocycles. The molecular formula is C46H48N2O8S2. The first kappa shape index (κ1) is 39.7. The lowest BCUT2D eigenvalue weighted by Gasteiger charge is -2.30. The van der Waals surface area contributed by atoms with E-state index < -0.39 is 6.09 Å². The SMILES string of the molecule is COc1cc(OC)cc(-c2cc(CCCOC(=O)CCCCNC(=O)OCC3c4ccccc4-c4ccccc43)c(/C=C3\SC(=S)N(C4CC5CCC4C5)C3=O)o2)c1. The molecule has 1 aliphatic heterocycles. The van der Waals surface area contributed by atoms with Gasteiger partial charge >= 0.3 is 12.1 Å². The number of aryl methyl sites for hydroxylation is 1. The van der Waals surface area contributed by atoms with Gasteiger partial charge in [0.1, 0.15) is 33.9 Å². The van der Waals surface area contributed by atoms with E-state index >= 15 is 0 Å². The van der Waals surface area contributed by atoms with Crippen molar-refractivity contribution in [2.45, 2.75) is 69.7 Å². The Bertz CT molecular complexity index is 2160. The van der Waals surface area contributed by atoms with Crippen LogP contribution in [0.5, 0.6) is 11.5 Å². The molecule has 3 aromatic carbocycles. The van der Waals surface area contributed by atoms with Crippen LogP contribution in [0, 0.1) is 11.8 Å². The number of unbranched alkanes of at least 4 members (excludes halogenated alkanes) is 1. The fourth-order valence-electron chi connectivity index (χ4n) is 9.02. The Morgan fingerprint density at radius 1 is 0.914 bits per heavy atom. The van der Waals surface area contributed by atoms with Crippen molar-refractivity contribution in [1.82, 2.24) is 10.2 Å². The van der Waals surface area contributed by atoms with Crippen molar-refractivity contribution >= 4 is 52.3 Å². The Kier molecular flexibility index (Phi) is 12.2. The smallest absolute Gasteiger partial charge is 0.407 e. The minimum absolute atomic E-state index is 0.000727. The lowest BCUT2D eigenvalue weighted by atomic mass is 9.94. The third-order valence-corrected chi connectivity index (χ3v) is 13.2. The Balaban J connectivity index is 0.817. The molecule has 2 heterocycles. The van der Waals surface area contributed by atoms with Gasteiger partial charge in [-0.05, 0) is 103 Å². The summed E-state index contributed by atoms with van der Waals surface area (Å²) in [5.74, 6) is 3.29. The van der Waals surface area contributed by atoms with Crippen LogP contribution < -0.4 is 14.8 Å². The van der Waals surface area contributed by atoms with Crippen molar-refractivity contribution in [2.75, 3.05) is 34.0 Å². The second-order valence-electron chi connectivity index (χ2n) is 15.4. The third-order valence-electron chi connectivity index (χ3n) is 11.9. The van der Waals surface area contributed by atoms with Crippen molar-refractivity contribution in [2.24, 2.45) is 11.8 Å². The minimum atomic E-state index is -0.469. The van der Waals surface area contributed by atoms with E-state index in [0.717, 1.165) is 24.0 Å². The van der Waals surface area contributed by atoms with Crippen LogP contribution in [0.1, 0.15) is 79.7 Å². The number of carbonyl (C=O) groups is 3. The van der Waals surface area contributed by atoms with Gasteiger partial charge in [-0.1, -0.05) is 78.9 Å². The Morgan fingerprint density at radius 3 is 2.31 bits per heavy atom. The van der Waals surface area contributed by atoms with E-state index in [4.69, 9.17) is 35.6 Å². The molecule has 58 heavy (non-hydrogen) atoms. The maximum Gasteiger partial charge on any atom is 0.407 e. The largest absolute Gasteiger partial charge is 0.497 e. The van der Waals surface area contributed by atoms with Gasteiger partial charge in [-0.3, -0.25) is 14.5 Å². The number of esters is 1. The number of hydrogen-bond acceptors (Lipinski definition) is 10. The number of furan rings is 1. The minimum Gasteiger partial charge on any atom is -0.497 e. The number of thioether (sulfide) groups is 1. The second-order valence-corrected chi connectivity index (χ2v) is 17.1. The molecule has 2 saturated carbocycles. The van der Waals surface area contributed by atoms with E-state index in [1.54, 1.807) is 20.3 Å². The molecule has 1 N–H and O–H groups in total. The average molecular weight is 821 g/mol. The lowest BCUT2D eigenvalue weighted by Crippen LogP contribution is -2.41. The van der Waals surface area contributed by atoms with Gasteiger partial charge in [0.05, 0.1) is 25.7 Å². The number of thiocarbonyl (C=S) groups is 1. The summed E-state index contributed by atoms with van der Waals surface area (Å²) in [5.41, 5.74) is 6.35. The number of benzene rings is 3. The number of ether oxygens (including phenoxy) is 4. The van der Waals surface area contributed by atoms with Gasteiger partial charge in [0, 0.05) is 42.6 Å². The van der Waals surface area contributed by atoms with Crippen molar-refractivity contribution in [3.63, 3.8) is 0 Å². The van der Waals surface area contributed by atoms with Gasteiger partial charge in [-0.25, -0.2) is 4.79 Å². The maximum atomic E-state index is 13.8. The van der Waals surface area contributed by atoms with Crippen LogP contribution in [-0.4, -0.2) is 67.2 Å². The molecule has 4 aromatic rings. The van der Waals surface area contributed by atoms with Crippen LogP contribution in [-0.2, 0) is 25.5 Å². The van der Waals surface area contributed by atoms with E-state index in [-0.39, 0.29) is 43.5 Å². The van der Waals surface area contributed by atoms with E-state index in [1.165, 1.54) is 46.9 Å². The zero-order valence-electron chi connectivity index (χ0n) is 32.8. The highest BCUT2D eigenvalue weighted by Gasteiger charge is 2.48. The van der Waals surface area contributed by atoms with Crippen LogP contribution in [0.2, 0.25) is 0 Å². The monoisotopic (exact) mass is 820 g/mol. The van der Waals surface area contributed by atoms with Crippen molar-refractivity contribution in [3.05, 3.63) is 100 Å². The first-order chi connectivity index (χ1) is 28.3. The van der Waals surface area contributed by atoms with Crippen LogP contribution in [0.4, 0.5) is 4.79 Å². The predicted molar refractivity (Wildman–Crippen MR) is 228 cm³/mol. The Hall–Kier alpha value is -5.07. The number of fused-ring (bicyclic) bond motifs is 5. The molecule has 0 spiro atoms. The number of carbonyl (C=O) groups excluding carboxylic acids is 3. The molecule has 3 fully saturated rings. The maximum absolute atomic E-state index is 13.8. The summed E-state index contributed by atoms with van der Waals surface area (Å²) in [6.45, 7) is 0.886. The molecule has 2 amide bonds. The first-order valence-corrected chi connectivity index (χ1v) is 21.4. The summed E-state index contributed by atoms with van der Waals surface area (Å²) in [4.78, 5) is 41.3. The highest BCUT2D eigenvalue weighted by Crippen LogP contribution is 2.50. The number of nitrogens with one attached hydrogen (secondary N) is 1. The molecule has 0 radical (unpaired) electrons. The highest BCUT2D eigenvalue weighted by molar-refractivity contribution is 8.26. The highest BCUT2D eigenvalue weighted by atomic mass is 32.2. The summed E-state index contributed by atoms with van der Waals surface area (Å²) >= 11 is 7.08. The van der Waals surface area contributed by atoms with E-state index in [0.29, 0.717) is 76.3 Å². The normalized spacial score (nSPS) is 20.1. The number of hydrogen-bond donors (Lipinski definition) is 1. The van der Waals surface area contributed by atoms with Crippen molar-refractivity contribution in [1.29, 1.82) is 0 Å². The van der Waals surface area contributed by atoms with Gasteiger partial charge in [-0.15, -0.1) is 0 Å². The van der Waals surface area contributed by atoms with E-state index in [1.807, 2.05) is 53.4 Å². The topological polar surface area (TPSA) is 117 Å². The van der Waals surface area contributed by atoms with Crippen LogP contribution in [0.3, 0.4) is 0 Å².